The Morgan fingerprint density at radius 1 is 1.43 bits per heavy atom. The highest BCUT2D eigenvalue weighted by Gasteiger charge is 2.42. The van der Waals surface area contributed by atoms with Crippen LogP contribution in [0.1, 0.15) is 24.8 Å². The minimum absolute atomic E-state index is 0.137. The van der Waals surface area contributed by atoms with E-state index >= 15 is 0 Å². The molecule has 2 unspecified atom stereocenters. The number of carbonyl (C=O) groups is 1. The van der Waals surface area contributed by atoms with E-state index in [4.69, 9.17) is 9.47 Å². The maximum atomic E-state index is 12.5. The van der Waals surface area contributed by atoms with Crippen molar-refractivity contribution in [3.05, 3.63) is 29.8 Å². The molecule has 3 rings (SSSR count). The monoisotopic (exact) mass is 306 g/mol. The smallest absolute Gasteiger partial charge is 0.146 e. The lowest BCUT2D eigenvalue weighted by Crippen LogP contribution is -2.42. The van der Waals surface area contributed by atoms with E-state index in [2.05, 4.69) is 25.1 Å². The number of carbonyl (C=O) groups excluding carboxylic acids is 1. The van der Waals surface area contributed by atoms with Gasteiger partial charge in [-0.1, -0.05) is 17.7 Å². The Hall–Kier alpha value is -0.840. The molecule has 0 radical (unpaired) electrons. The average molecular weight is 306 g/mol. The Bertz CT molecular complexity index is 509. The number of hydrogen-bond acceptors (Lipinski definition) is 4. The zero-order valence-electron chi connectivity index (χ0n) is 12.5. The van der Waals surface area contributed by atoms with Crippen molar-refractivity contribution in [1.29, 1.82) is 0 Å². The highest BCUT2D eigenvalue weighted by Crippen LogP contribution is 2.36. The molecular formula is C17H22O3S. The van der Waals surface area contributed by atoms with E-state index in [1.54, 1.807) is 11.8 Å². The zero-order valence-corrected chi connectivity index (χ0v) is 13.3. The van der Waals surface area contributed by atoms with Crippen LogP contribution in [0.15, 0.2) is 29.2 Å². The summed E-state index contributed by atoms with van der Waals surface area (Å²) in [5.41, 5.74) is 1.06. The minimum atomic E-state index is -0.174. The first-order valence-electron chi connectivity index (χ1n) is 7.61. The zero-order chi connectivity index (χ0) is 14.7. The number of aryl methyl sites for hydroxylation is 1. The van der Waals surface area contributed by atoms with Gasteiger partial charge in [-0.2, -0.15) is 0 Å². The van der Waals surface area contributed by atoms with Crippen LogP contribution in [0.3, 0.4) is 0 Å². The fourth-order valence-corrected chi connectivity index (χ4v) is 4.13. The molecule has 2 fully saturated rings. The first-order valence-corrected chi connectivity index (χ1v) is 8.59. The van der Waals surface area contributed by atoms with Crippen molar-refractivity contribution in [1.82, 2.24) is 0 Å². The van der Waals surface area contributed by atoms with Crippen LogP contribution < -0.4 is 0 Å². The number of thioether (sulfide) groups is 1. The predicted molar refractivity (Wildman–Crippen MR) is 83.8 cm³/mol. The topological polar surface area (TPSA) is 35.5 Å². The van der Waals surface area contributed by atoms with Crippen LogP contribution in [0, 0.1) is 12.8 Å². The number of ketones is 1. The standard InChI is InChI=1S/C17H22O3S/c1-13-3-2-4-15(9-13)21-11-16(18)14-5-7-20-17(10-14)6-8-19-12-17/h2-4,9,14H,5-8,10-12H2,1H3. The molecule has 1 aromatic carbocycles. The first-order chi connectivity index (χ1) is 10.2. The van der Waals surface area contributed by atoms with Crippen molar-refractivity contribution in [3.8, 4) is 0 Å². The van der Waals surface area contributed by atoms with E-state index in [9.17, 15) is 4.79 Å². The molecule has 21 heavy (non-hydrogen) atoms. The first kappa shape index (κ1) is 15.1. The lowest BCUT2D eigenvalue weighted by Gasteiger charge is -2.36. The van der Waals surface area contributed by atoms with E-state index in [0.29, 0.717) is 24.7 Å². The van der Waals surface area contributed by atoms with Crippen molar-refractivity contribution in [2.45, 2.75) is 36.7 Å². The number of rotatable bonds is 4. The van der Waals surface area contributed by atoms with Crippen molar-refractivity contribution in [3.63, 3.8) is 0 Å². The summed E-state index contributed by atoms with van der Waals surface area (Å²) in [6.07, 6.45) is 2.62. The number of benzene rings is 1. The second-order valence-corrected chi connectivity index (χ2v) is 7.14. The molecule has 1 aromatic rings. The summed E-state index contributed by atoms with van der Waals surface area (Å²) in [7, 11) is 0. The van der Waals surface area contributed by atoms with Gasteiger partial charge < -0.3 is 9.47 Å². The van der Waals surface area contributed by atoms with Gasteiger partial charge in [-0.15, -0.1) is 11.8 Å². The van der Waals surface area contributed by atoms with Crippen molar-refractivity contribution < 1.29 is 14.3 Å². The third-order valence-corrected chi connectivity index (χ3v) is 5.40. The highest BCUT2D eigenvalue weighted by molar-refractivity contribution is 8.00. The molecule has 0 bridgehead atoms. The van der Waals surface area contributed by atoms with Gasteiger partial charge in [0.25, 0.3) is 0 Å². The molecule has 2 saturated heterocycles. The molecule has 114 valence electrons. The van der Waals surface area contributed by atoms with Crippen LogP contribution in [0.5, 0.6) is 0 Å². The summed E-state index contributed by atoms with van der Waals surface area (Å²) in [5.74, 6) is 1.05. The number of hydrogen-bond donors (Lipinski definition) is 0. The van der Waals surface area contributed by atoms with Crippen LogP contribution in [-0.2, 0) is 14.3 Å². The van der Waals surface area contributed by atoms with Crippen LogP contribution >= 0.6 is 11.8 Å². The predicted octanol–water partition coefficient (Wildman–Crippen LogP) is 3.24. The summed E-state index contributed by atoms with van der Waals surface area (Å²) in [5, 5.41) is 0. The molecule has 0 N–H and O–H groups in total. The summed E-state index contributed by atoms with van der Waals surface area (Å²) in [6.45, 7) is 4.18. The molecular weight excluding hydrogens is 284 g/mol. The van der Waals surface area contributed by atoms with Gasteiger partial charge >= 0.3 is 0 Å². The van der Waals surface area contributed by atoms with Crippen molar-refractivity contribution in [2.75, 3.05) is 25.6 Å². The summed E-state index contributed by atoms with van der Waals surface area (Å²) in [4.78, 5) is 13.7. The van der Waals surface area contributed by atoms with Gasteiger partial charge in [0.1, 0.15) is 5.78 Å². The SMILES string of the molecule is Cc1cccc(SCC(=O)C2CCOC3(CCOC3)C2)c1. The van der Waals surface area contributed by atoms with Crippen LogP contribution in [0.25, 0.3) is 0 Å². The third kappa shape index (κ3) is 3.68. The summed E-state index contributed by atoms with van der Waals surface area (Å²) < 4.78 is 11.4. The van der Waals surface area contributed by atoms with E-state index in [0.717, 1.165) is 25.9 Å². The van der Waals surface area contributed by atoms with Gasteiger partial charge in [0.2, 0.25) is 0 Å². The van der Waals surface area contributed by atoms with Crippen molar-refractivity contribution >= 4 is 17.5 Å². The molecule has 0 aliphatic carbocycles. The summed E-state index contributed by atoms with van der Waals surface area (Å²) >= 11 is 1.65. The normalized spacial score (nSPS) is 28.9. The van der Waals surface area contributed by atoms with Gasteiger partial charge in [0, 0.05) is 30.4 Å². The van der Waals surface area contributed by atoms with E-state index in [1.807, 2.05) is 6.07 Å². The second-order valence-electron chi connectivity index (χ2n) is 6.10. The Labute approximate surface area is 130 Å². The van der Waals surface area contributed by atoms with E-state index in [-0.39, 0.29) is 11.5 Å². The third-order valence-electron chi connectivity index (χ3n) is 4.39. The van der Waals surface area contributed by atoms with Gasteiger partial charge in [-0.3, -0.25) is 4.79 Å². The van der Waals surface area contributed by atoms with Gasteiger partial charge in [0.15, 0.2) is 0 Å². The molecule has 2 heterocycles. The second kappa shape index (κ2) is 6.51. The molecule has 2 atom stereocenters. The molecule has 2 aliphatic rings. The number of Topliss-reactive ketones (excluding diaryl/α,β-unsaturated/α-hetero) is 1. The van der Waals surface area contributed by atoms with Gasteiger partial charge in [-0.25, -0.2) is 0 Å². The van der Waals surface area contributed by atoms with E-state index < -0.39 is 0 Å². The number of ether oxygens (including phenoxy) is 2. The molecule has 0 aromatic heterocycles. The maximum Gasteiger partial charge on any atom is 0.146 e. The Balaban J connectivity index is 1.55. The highest BCUT2D eigenvalue weighted by atomic mass is 32.2. The lowest BCUT2D eigenvalue weighted by atomic mass is 9.83. The Morgan fingerprint density at radius 3 is 3.10 bits per heavy atom. The minimum Gasteiger partial charge on any atom is -0.378 e. The fourth-order valence-electron chi connectivity index (χ4n) is 3.14. The van der Waals surface area contributed by atoms with E-state index in [1.165, 1.54) is 10.5 Å². The summed E-state index contributed by atoms with van der Waals surface area (Å²) in [6, 6.07) is 8.32. The largest absolute Gasteiger partial charge is 0.378 e. The Kier molecular flexibility index (Phi) is 4.67. The van der Waals surface area contributed by atoms with Gasteiger partial charge in [0.05, 0.1) is 18.0 Å². The molecule has 0 saturated carbocycles. The van der Waals surface area contributed by atoms with Crippen molar-refractivity contribution in [2.24, 2.45) is 5.92 Å². The molecule has 3 nitrogen and oxygen atoms in total. The molecule has 4 heteroatoms. The van der Waals surface area contributed by atoms with Crippen LogP contribution in [-0.4, -0.2) is 37.0 Å². The van der Waals surface area contributed by atoms with Crippen LogP contribution in [0.2, 0.25) is 0 Å². The van der Waals surface area contributed by atoms with Gasteiger partial charge in [-0.05, 0) is 31.9 Å². The molecule has 1 spiro atoms. The lowest BCUT2D eigenvalue weighted by molar-refractivity contribution is -0.134. The average Bonchev–Trinajstić information content (AvgIpc) is 2.93. The quantitative estimate of drug-likeness (QED) is 0.800. The molecule has 0 amide bonds. The maximum absolute atomic E-state index is 12.5. The molecule has 2 aliphatic heterocycles. The Morgan fingerprint density at radius 2 is 2.33 bits per heavy atom. The fraction of sp³-hybridized carbons (Fsp3) is 0.588. The van der Waals surface area contributed by atoms with Crippen LogP contribution in [0.4, 0.5) is 0 Å².